The van der Waals surface area contributed by atoms with E-state index in [-0.39, 0.29) is 11.7 Å². The number of amides is 6. The zero-order chi connectivity index (χ0) is 31.2. The summed E-state index contributed by atoms with van der Waals surface area (Å²) >= 11 is 3.97. The fourth-order valence-corrected chi connectivity index (χ4v) is 3.36. The van der Waals surface area contributed by atoms with E-state index in [0.29, 0.717) is 6.42 Å². The Labute approximate surface area is 236 Å². The van der Waals surface area contributed by atoms with Crippen molar-refractivity contribution in [3.8, 4) is 0 Å². The summed E-state index contributed by atoms with van der Waals surface area (Å²) < 4.78 is 0. The smallest absolute Gasteiger partial charge is 0.326 e. The van der Waals surface area contributed by atoms with Crippen LogP contribution in [-0.4, -0.2) is 112 Å². The van der Waals surface area contributed by atoms with Gasteiger partial charge in [-0.15, -0.1) is 0 Å². The molecule has 0 saturated heterocycles. The Morgan fingerprint density at radius 1 is 0.700 bits per heavy atom. The Kier molecular flexibility index (Phi) is 16.4. The van der Waals surface area contributed by atoms with E-state index in [1.807, 2.05) is 19.2 Å². The van der Waals surface area contributed by atoms with E-state index in [1.54, 1.807) is 0 Å². The van der Waals surface area contributed by atoms with Crippen molar-refractivity contribution >= 4 is 54.0 Å². The number of carboxylic acid groups (broad SMARTS) is 1. The minimum Gasteiger partial charge on any atom is -0.480 e. The van der Waals surface area contributed by atoms with Crippen LogP contribution < -0.4 is 38.1 Å². The Balaban J connectivity index is 5.16. The van der Waals surface area contributed by atoms with Gasteiger partial charge in [0.15, 0.2) is 0 Å². The van der Waals surface area contributed by atoms with Crippen molar-refractivity contribution in [1.82, 2.24) is 26.6 Å². The van der Waals surface area contributed by atoms with Crippen LogP contribution in [0.3, 0.4) is 0 Å². The van der Waals surface area contributed by atoms with Gasteiger partial charge in [-0.1, -0.05) is 13.8 Å². The van der Waals surface area contributed by atoms with Gasteiger partial charge in [0, 0.05) is 5.75 Å². The normalized spacial score (nSPS) is 15.4. The molecule has 0 aromatic rings. The van der Waals surface area contributed by atoms with E-state index in [1.165, 1.54) is 6.92 Å². The van der Waals surface area contributed by atoms with Crippen molar-refractivity contribution in [2.24, 2.45) is 17.4 Å². The minimum atomic E-state index is -1.71. The van der Waals surface area contributed by atoms with Gasteiger partial charge in [-0.25, -0.2) is 4.79 Å². The van der Waals surface area contributed by atoms with Crippen molar-refractivity contribution in [3.05, 3.63) is 0 Å². The Morgan fingerprint density at radius 3 is 1.55 bits per heavy atom. The van der Waals surface area contributed by atoms with Gasteiger partial charge in [0.05, 0.1) is 25.7 Å². The lowest BCUT2D eigenvalue weighted by Crippen LogP contribution is -2.60. The number of rotatable bonds is 18. The van der Waals surface area contributed by atoms with Crippen LogP contribution in [-0.2, 0) is 33.6 Å². The molecule has 0 aromatic carbocycles. The second-order valence-electron chi connectivity index (χ2n) is 9.27. The molecule has 12 N–H and O–H groups in total. The lowest BCUT2D eigenvalue weighted by atomic mass is 10.0. The van der Waals surface area contributed by atoms with Gasteiger partial charge in [-0.05, 0) is 19.3 Å². The lowest BCUT2D eigenvalue weighted by molar-refractivity contribution is -0.144. The first-order valence-corrected chi connectivity index (χ1v) is 12.8. The van der Waals surface area contributed by atoms with Crippen LogP contribution in [0.15, 0.2) is 0 Å². The number of hydrogen-bond donors (Lipinski definition) is 11. The molecule has 6 atom stereocenters. The third-order valence-electron chi connectivity index (χ3n) is 5.28. The number of carbonyl (C=O) groups excluding carboxylic acids is 6. The first-order valence-electron chi connectivity index (χ1n) is 12.2. The first-order chi connectivity index (χ1) is 18.6. The SMILES string of the molecule is CC(C)C[C@H](N)C(=O)N[C@@H](CO)C(=O)N[C@@H](C)C(=O)N[C@@H](CS)C(=O)N[C@@H](CO)C(=O)N[C@@H](CC(N)=O)C(=O)O. The van der Waals surface area contributed by atoms with Crippen molar-refractivity contribution in [2.45, 2.75) is 69.9 Å². The molecule has 18 heteroatoms. The molecule has 0 saturated carbocycles. The quantitative estimate of drug-likeness (QED) is 0.0667. The van der Waals surface area contributed by atoms with Gasteiger partial charge in [0.25, 0.3) is 0 Å². The molecule has 6 amide bonds. The summed E-state index contributed by atoms with van der Waals surface area (Å²) in [5.41, 5.74) is 10.7. The van der Waals surface area contributed by atoms with Gasteiger partial charge in [-0.2, -0.15) is 12.6 Å². The molecule has 0 aliphatic carbocycles. The Bertz CT molecular complexity index is 936. The molecule has 0 spiro atoms. The van der Waals surface area contributed by atoms with Crippen molar-refractivity contribution < 1.29 is 48.9 Å². The lowest BCUT2D eigenvalue weighted by Gasteiger charge is -2.24. The molecule has 0 bridgehead atoms. The van der Waals surface area contributed by atoms with Gasteiger partial charge >= 0.3 is 5.97 Å². The van der Waals surface area contributed by atoms with Crippen LogP contribution in [0.5, 0.6) is 0 Å². The second-order valence-corrected chi connectivity index (χ2v) is 9.63. The number of aliphatic hydroxyl groups excluding tert-OH is 2. The fourth-order valence-electron chi connectivity index (χ4n) is 3.10. The van der Waals surface area contributed by atoms with Gasteiger partial charge < -0.3 is 53.4 Å². The van der Waals surface area contributed by atoms with E-state index >= 15 is 0 Å². The third kappa shape index (κ3) is 13.0. The standard InChI is InChI=1S/C22H39N7O10S/c1-9(2)4-11(23)18(34)27-13(6-30)19(35)25-10(3)17(33)29-15(8-40)21(37)28-14(7-31)20(36)26-12(22(38)39)5-16(24)32/h9-15,30-31,40H,4-8,23H2,1-3H3,(H2,24,32)(H,25,35)(H,26,36)(H,27,34)(H,28,37)(H,29,33)(H,38,39)/t10-,11-,12-,13-,14-,15-/m0/s1. The van der Waals surface area contributed by atoms with Crippen molar-refractivity contribution in [3.63, 3.8) is 0 Å². The highest BCUT2D eigenvalue weighted by Gasteiger charge is 2.31. The number of nitrogens with two attached hydrogens (primary N) is 2. The topological polar surface area (TPSA) is 292 Å². The Hall–Kier alpha value is -3.48. The average molecular weight is 594 g/mol. The molecule has 0 heterocycles. The monoisotopic (exact) mass is 593 g/mol. The van der Waals surface area contributed by atoms with Crippen LogP contribution in [0.25, 0.3) is 0 Å². The number of hydrogen-bond acceptors (Lipinski definition) is 11. The molecule has 0 aliphatic rings. The highest BCUT2D eigenvalue weighted by atomic mass is 32.1. The molecular weight excluding hydrogens is 554 g/mol. The number of aliphatic hydroxyl groups is 2. The number of carbonyl (C=O) groups is 7. The van der Waals surface area contributed by atoms with Gasteiger partial charge in [0.2, 0.25) is 35.4 Å². The molecule has 40 heavy (non-hydrogen) atoms. The zero-order valence-corrected chi connectivity index (χ0v) is 23.3. The predicted octanol–water partition coefficient (Wildman–Crippen LogP) is -5.32. The molecular formula is C22H39N7O10S. The number of thiol groups is 1. The summed E-state index contributed by atoms with van der Waals surface area (Å²) in [6.45, 7) is 3.21. The highest BCUT2D eigenvalue weighted by molar-refractivity contribution is 7.80. The summed E-state index contributed by atoms with van der Waals surface area (Å²) in [7, 11) is 0. The summed E-state index contributed by atoms with van der Waals surface area (Å²) in [4.78, 5) is 84.4. The highest BCUT2D eigenvalue weighted by Crippen LogP contribution is 2.03. The summed E-state index contributed by atoms with van der Waals surface area (Å²) in [5.74, 6) is -7.35. The number of primary amides is 1. The number of nitrogens with one attached hydrogen (secondary N) is 5. The summed E-state index contributed by atoms with van der Waals surface area (Å²) in [6, 6.07) is -8.33. The van der Waals surface area contributed by atoms with E-state index in [0.717, 1.165) is 0 Å². The fraction of sp³-hybridized carbons (Fsp3) is 0.682. The molecule has 0 unspecified atom stereocenters. The van der Waals surface area contributed by atoms with E-state index < -0.39 is 97.3 Å². The third-order valence-corrected chi connectivity index (χ3v) is 5.65. The van der Waals surface area contributed by atoms with Crippen LogP contribution in [0.1, 0.15) is 33.6 Å². The molecule has 0 aliphatic heterocycles. The van der Waals surface area contributed by atoms with Crippen LogP contribution in [0.4, 0.5) is 0 Å². The number of carboxylic acids is 1. The maximum atomic E-state index is 12.6. The summed E-state index contributed by atoms with van der Waals surface area (Å²) in [5, 5.41) is 39.0. The molecule has 0 rings (SSSR count). The van der Waals surface area contributed by atoms with Crippen molar-refractivity contribution in [1.29, 1.82) is 0 Å². The molecule has 0 aromatic heterocycles. The Morgan fingerprint density at radius 2 is 1.12 bits per heavy atom. The van der Waals surface area contributed by atoms with E-state index in [2.05, 4.69) is 33.9 Å². The minimum absolute atomic E-state index is 0.105. The molecule has 17 nitrogen and oxygen atoms in total. The van der Waals surface area contributed by atoms with Crippen LogP contribution in [0, 0.1) is 5.92 Å². The largest absolute Gasteiger partial charge is 0.480 e. The van der Waals surface area contributed by atoms with Crippen molar-refractivity contribution in [2.75, 3.05) is 19.0 Å². The van der Waals surface area contributed by atoms with Crippen LogP contribution >= 0.6 is 12.6 Å². The van der Waals surface area contributed by atoms with Gasteiger partial charge in [-0.3, -0.25) is 28.8 Å². The maximum absolute atomic E-state index is 12.6. The van der Waals surface area contributed by atoms with Crippen LogP contribution in [0.2, 0.25) is 0 Å². The second kappa shape index (κ2) is 18.0. The van der Waals surface area contributed by atoms with Gasteiger partial charge in [0.1, 0.15) is 30.2 Å². The summed E-state index contributed by atoms with van der Waals surface area (Å²) in [6.07, 6.45) is -0.401. The molecule has 228 valence electrons. The first kappa shape index (κ1) is 36.5. The zero-order valence-electron chi connectivity index (χ0n) is 22.4. The van der Waals surface area contributed by atoms with E-state index in [9.17, 15) is 43.8 Å². The van der Waals surface area contributed by atoms with E-state index in [4.69, 9.17) is 16.6 Å². The average Bonchev–Trinajstić information content (AvgIpc) is 2.86. The molecule has 0 fully saturated rings. The molecule has 0 radical (unpaired) electrons. The number of aliphatic carboxylic acids is 1. The predicted molar refractivity (Wildman–Crippen MR) is 142 cm³/mol. The maximum Gasteiger partial charge on any atom is 0.326 e.